The summed E-state index contributed by atoms with van der Waals surface area (Å²) in [4.78, 5) is 19.2. The van der Waals surface area contributed by atoms with Crippen LogP contribution in [-0.2, 0) is 4.79 Å². The minimum absolute atomic E-state index is 0.136. The van der Waals surface area contributed by atoms with Crippen LogP contribution in [-0.4, -0.2) is 18.3 Å². The first-order valence-electron chi connectivity index (χ1n) is 9.55. The lowest BCUT2D eigenvalue weighted by atomic mass is 10.1. The van der Waals surface area contributed by atoms with Gasteiger partial charge in [-0.15, -0.1) is 0 Å². The topological polar surface area (TPSA) is 41.9 Å². The van der Waals surface area contributed by atoms with Gasteiger partial charge in [-0.1, -0.05) is 41.4 Å². The van der Waals surface area contributed by atoms with Gasteiger partial charge in [0.05, 0.1) is 17.9 Å². The Morgan fingerprint density at radius 3 is 2.48 bits per heavy atom. The second-order valence-electron chi connectivity index (χ2n) is 6.68. The number of carbonyl (C=O) groups excluding carboxylic acids is 1. The molecule has 0 fully saturated rings. The average Bonchev–Trinajstić information content (AvgIpc) is 3.07. The van der Waals surface area contributed by atoms with Gasteiger partial charge in [0.25, 0.3) is 5.91 Å². The number of amidine groups is 1. The van der Waals surface area contributed by atoms with Crippen molar-refractivity contribution in [3.05, 3.63) is 99.4 Å². The number of ether oxygens (including phenoxy) is 1. The first kappa shape index (κ1) is 21.1. The van der Waals surface area contributed by atoms with Crippen LogP contribution in [0.1, 0.15) is 18.1 Å². The molecule has 0 unspecified atom stereocenters. The first-order valence-corrected chi connectivity index (χ1v) is 10.3. The van der Waals surface area contributed by atoms with Crippen LogP contribution >= 0.6 is 23.2 Å². The minimum Gasteiger partial charge on any atom is -0.494 e. The van der Waals surface area contributed by atoms with E-state index < -0.39 is 11.7 Å². The van der Waals surface area contributed by atoms with Gasteiger partial charge in [0.2, 0.25) is 0 Å². The highest BCUT2D eigenvalue weighted by Crippen LogP contribution is 2.31. The number of halogens is 3. The number of amides is 1. The van der Waals surface area contributed by atoms with Crippen molar-refractivity contribution in [2.24, 2.45) is 4.99 Å². The number of carbonyl (C=O) groups is 1. The molecule has 1 aliphatic rings. The van der Waals surface area contributed by atoms with Gasteiger partial charge in [-0.2, -0.15) is 0 Å². The van der Waals surface area contributed by atoms with Crippen LogP contribution in [0.4, 0.5) is 10.1 Å². The summed E-state index contributed by atoms with van der Waals surface area (Å²) in [5.41, 5.74) is 1.48. The van der Waals surface area contributed by atoms with E-state index in [4.69, 9.17) is 27.9 Å². The molecule has 0 saturated heterocycles. The lowest BCUT2D eigenvalue weighted by molar-refractivity contribution is -0.113. The lowest BCUT2D eigenvalue weighted by Crippen LogP contribution is -2.33. The second-order valence-corrected chi connectivity index (χ2v) is 7.52. The molecule has 0 aliphatic carbocycles. The Hall–Kier alpha value is -3.15. The highest BCUT2D eigenvalue weighted by Gasteiger charge is 2.33. The van der Waals surface area contributed by atoms with E-state index in [0.29, 0.717) is 33.7 Å². The van der Waals surface area contributed by atoms with Gasteiger partial charge in [0.1, 0.15) is 17.3 Å². The zero-order valence-corrected chi connectivity index (χ0v) is 18.0. The molecule has 1 heterocycles. The molecule has 3 aromatic rings. The molecule has 0 atom stereocenters. The Balaban J connectivity index is 1.81. The van der Waals surface area contributed by atoms with Crippen LogP contribution in [0.25, 0.3) is 6.08 Å². The van der Waals surface area contributed by atoms with Crippen LogP contribution in [0, 0.1) is 5.82 Å². The highest BCUT2D eigenvalue weighted by atomic mass is 35.5. The van der Waals surface area contributed by atoms with E-state index in [2.05, 4.69) is 4.99 Å². The summed E-state index contributed by atoms with van der Waals surface area (Å²) < 4.78 is 20.1. The highest BCUT2D eigenvalue weighted by molar-refractivity contribution is 6.36. The largest absolute Gasteiger partial charge is 0.494 e. The number of nitrogens with zero attached hydrogens (tertiary/aromatic N) is 2. The number of hydrogen-bond donors (Lipinski definition) is 0. The number of benzene rings is 3. The standard InChI is InChI=1S/C24H17Cl2FN2O2/c1-2-31-18-11-9-17(10-12-18)29-23(19-5-3-4-6-21(19)27)28-22(24(29)30)13-15-7-8-16(25)14-20(15)26/h3-14H,2H2,1H3/b22-13+. The van der Waals surface area contributed by atoms with Gasteiger partial charge in [-0.25, -0.2) is 9.38 Å². The lowest BCUT2D eigenvalue weighted by Gasteiger charge is -2.19. The van der Waals surface area contributed by atoms with E-state index in [1.807, 2.05) is 6.92 Å². The summed E-state index contributed by atoms with van der Waals surface area (Å²) in [6.07, 6.45) is 1.57. The molecule has 3 aromatic carbocycles. The van der Waals surface area contributed by atoms with Crippen molar-refractivity contribution < 1.29 is 13.9 Å². The quantitative estimate of drug-likeness (QED) is 0.420. The molecular formula is C24H17Cl2FN2O2. The number of rotatable bonds is 5. The molecule has 7 heteroatoms. The summed E-state index contributed by atoms with van der Waals surface area (Å²) >= 11 is 12.2. The summed E-state index contributed by atoms with van der Waals surface area (Å²) in [6.45, 7) is 2.42. The third kappa shape index (κ3) is 4.33. The Kier molecular flexibility index (Phi) is 6.07. The van der Waals surface area contributed by atoms with Crippen LogP contribution in [0.15, 0.2) is 77.4 Å². The smallest absolute Gasteiger partial charge is 0.282 e. The molecule has 0 bridgehead atoms. The zero-order chi connectivity index (χ0) is 22.0. The van der Waals surface area contributed by atoms with Crippen molar-refractivity contribution in [1.29, 1.82) is 0 Å². The van der Waals surface area contributed by atoms with Gasteiger partial charge in [-0.05, 0) is 67.1 Å². The SMILES string of the molecule is CCOc1ccc(N2C(=O)/C(=C\c3ccc(Cl)cc3Cl)N=C2c2ccccc2F)cc1. The Bertz CT molecular complexity index is 1210. The molecule has 4 nitrogen and oxygen atoms in total. The van der Waals surface area contributed by atoms with E-state index in [0.717, 1.165) is 0 Å². The molecule has 0 N–H and O–H groups in total. The number of aliphatic imine (C=N–C) groups is 1. The van der Waals surface area contributed by atoms with Crippen molar-refractivity contribution in [3.63, 3.8) is 0 Å². The molecule has 1 amide bonds. The van der Waals surface area contributed by atoms with Crippen LogP contribution in [0.3, 0.4) is 0 Å². The van der Waals surface area contributed by atoms with E-state index >= 15 is 0 Å². The third-order valence-electron chi connectivity index (χ3n) is 4.64. The monoisotopic (exact) mass is 454 g/mol. The van der Waals surface area contributed by atoms with Crippen LogP contribution in [0.2, 0.25) is 10.0 Å². The number of hydrogen-bond acceptors (Lipinski definition) is 3. The molecular weight excluding hydrogens is 438 g/mol. The normalized spacial score (nSPS) is 14.8. The molecule has 0 radical (unpaired) electrons. The molecule has 0 aromatic heterocycles. The Labute approximate surface area is 189 Å². The van der Waals surface area contributed by atoms with E-state index in [-0.39, 0.29) is 17.1 Å². The maximum atomic E-state index is 14.6. The Morgan fingerprint density at radius 1 is 1.06 bits per heavy atom. The van der Waals surface area contributed by atoms with Crippen molar-refractivity contribution in [1.82, 2.24) is 0 Å². The maximum absolute atomic E-state index is 14.6. The van der Waals surface area contributed by atoms with Gasteiger partial charge < -0.3 is 4.74 Å². The van der Waals surface area contributed by atoms with Crippen molar-refractivity contribution >= 4 is 46.7 Å². The summed E-state index contributed by atoms with van der Waals surface area (Å²) in [6, 6.07) is 18.1. The summed E-state index contributed by atoms with van der Waals surface area (Å²) in [7, 11) is 0. The van der Waals surface area contributed by atoms with Gasteiger partial charge in [-0.3, -0.25) is 9.69 Å². The van der Waals surface area contributed by atoms with Crippen molar-refractivity contribution in [2.75, 3.05) is 11.5 Å². The summed E-state index contributed by atoms with van der Waals surface area (Å²) in [5.74, 6) is -0.00113. The van der Waals surface area contributed by atoms with E-state index in [9.17, 15) is 9.18 Å². The van der Waals surface area contributed by atoms with Crippen molar-refractivity contribution in [2.45, 2.75) is 6.92 Å². The van der Waals surface area contributed by atoms with Crippen LogP contribution in [0.5, 0.6) is 5.75 Å². The molecule has 1 aliphatic heterocycles. The zero-order valence-electron chi connectivity index (χ0n) is 16.5. The van der Waals surface area contributed by atoms with E-state index in [1.54, 1.807) is 66.7 Å². The second kappa shape index (κ2) is 8.92. The number of anilines is 1. The fourth-order valence-corrected chi connectivity index (χ4v) is 3.67. The minimum atomic E-state index is -0.476. The predicted molar refractivity (Wildman–Crippen MR) is 122 cm³/mol. The Morgan fingerprint density at radius 2 is 1.81 bits per heavy atom. The molecule has 156 valence electrons. The third-order valence-corrected chi connectivity index (χ3v) is 5.20. The summed E-state index contributed by atoms with van der Waals surface area (Å²) in [5, 5.41) is 0.867. The first-order chi connectivity index (χ1) is 15.0. The van der Waals surface area contributed by atoms with Gasteiger partial charge in [0.15, 0.2) is 5.84 Å². The average molecular weight is 455 g/mol. The van der Waals surface area contributed by atoms with Gasteiger partial charge in [0, 0.05) is 10.0 Å². The fraction of sp³-hybridized carbons (Fsp3) is 0.0833. The molecule has 4 rings (SSSR count). The van der Waals surface area contributed by atoms with Crippen LogP contribution < -0.4 is 9.64 Å². The molecule has 0 saturated carbocycles. The van der Waals surface area contributed by atoms with Crippen molar-refractivity contribution in [3.8, 4) is 5.75 Å². The maximum Gasteiger partial charge on any atom is 0.282 e. The van der Waals surface area contributed by atoms with E-state index in [1.165, 1.54) is 11.0 Å². The predicted octanol–water partition coefficient (Wildman–Crippen LogP) is 6.37. The van der Waals surface area contributed by atoms with Gasteiger partial charge >= 0.3 is 0 Å². The fourth-order valence-electron chi connectivity index (χ4n) is 3.20. The molecule has 31 heavy (non-hydrogen) atoms. The molecule has 0 spiro atoms.